The van der Waals surface area contributed by atoms with Gasteiger partial charge in [0, 0.05) is 0 Å². The Morgan fingerprint density at radius 1 is 0.800 bits per heavy atom. The second-order valence-corrected chi connectivity index (χ2v) is 8.52. The van der Waals surface area contributed by atoms with Crippen LogP contribution < -0.4 is 0 Å². The molecule has 0 heterocycles. The van der Waals surface area contributed by atoms with Crippen LogP contribution in [0, 0.1) is 5.92 Å². The Balaban J connectivity index is 2.22. The van der Waals surface area contributed by atoms with E-state index < -0.39 is 5.60 Å². The Morgan fingerprint density at radius 2 is 1.23 bits per heavy atom. The van der Waals surface area contributed by atoms with Gasteiger partial charge in [0.1, 0.15) is 5.60 Å². The summed E-state index contributed by atoms with van der Waals surface area (Å²) in [5.74, 6) is 0.457. The number of ether oxygens (including phenoxy) is 1. The quantitative estimate of drug-likeness (QED) is 0.198. The van der Waals surface area contributed by atoms with Gasteiger partial charge in [0.05, 0.1) is 6.10 Å². The summed E-state index contributed by atoms with van der Waals surface area (Å²) in [6.07, 6.45) is 5.54. The Hall–Kier alpha value is -1.91. The molecular formula is C28H31IO. The average Bonchev–Trinajstić information content (AvgIpc) is 2.81. The van der Waals surface area contributed by atoms with Crippen LogP contribution >= 0.6 is 22.6 Å². The zero-order valence-corrected chi connectivity index (χ0v) is 20.0. The molecule has 2 unspecified atom stereocenters. The summed E-state index contributed by atoms with van der Waals surface area (Å²) >= 11 is 2.30. The van der Waals surface area contributed by atoms with Gasteiger partial charge in [-0.15, -0.1) is 0 Å². The molecule has 0 spiro atoms. The molecule has 0 fully saturated rings. The minimum absolute atomic E-state index is 0.108. The number of halogens is 1. The van der Waals surface area contributed by atoms with Crippen molar-refractivity contribution in [2.24, 2.45) is 5.92 Å². The van der Waals surface area contributed by atoms with E-state index in [1.165, 1.54) is 0 Å². The van der Waals surface area contributed by atoms with E-state index in [1.807, 2.05) is 0 Å². The number of rotatable bonds is 10. The van der Waals surface area contributed by atoms with Crippen molar-refractivity contribution in [3.63, 3.8) is 0 Å². The van der Waals surface area contributed by atoms with Crippen molar-refractivity contribution in [2.75, 3.05) is 0 Å². The third kappa shape index (κ3) is 5.22. The van der Waals surface area contributed by atoms with E-state index in [9.17, 15) is 0 Å². The maximum atomic E-state index is 7.26. The van der Waals surface area contributed by atoms with Crippen molar-refractivity contribution >= 4 is 22.6 Å². The summed E-state index contributed by atoms with van der Waals surface area (Å²) in [5, 5.41) is 0. The average molecular weight is 510 g/mol. The van der Waals surface area contributed by atoms with E-state index in [2.05, 4.69) is 138 Å². The van der Waals surface area contributed by atoms with Gasteiger partial charge in [-0.3, -0.25) is 0 Å². The summed E-state index contributed by atoms with van der Waals surface area (Å²) in [4.78, 5) is 0. The molecule has 0 aliphatic heterocycles. The minimum atomic E-state index is -0.657. The van der Waals surface area contributed by atoms with Gasteiger partial charge < -0.3 is 4.74 Å². The number of benzene rings is 3. The minimum Gasteiger partial charge on any atom is -0.357 e. The molecule has 3 aromatic carbocycles. The molecule has 0 aliphatic carbocycles. The molecule has 3 rings (SSSR count). The molecule has 2 heteroatoms. The van der Waals surface area contributed by atoms with E-state index >= 15 is 0 Å². The van der Waals surface area contributed by atoms with E-state index in [-0.39, 0.29) is 6.10 Å². The second kappa shape index (κ2) is 11.5. The van der Waals surface area contributed by atoms with Crippen molar-refractivity contribution in [1.82, 2.24) is 0 Å². The topological polar surface area (TPSA) is 9.23 Å². The summed E-state index contributed by atoms with van der Waals surface area (Å²) in [6, 6.07) is 32.0. The van der Waals surface area contributed by atoms with Crippen LogP contribution in [0.25, 0.3) is 0 Å². The maximum Gasteiger partial charge on any atom is 0.144 e. The summed E-state index contributed by atoms with van der Waals surface area (Å²) in [7, 11) is 0. The molecule has 0 amide bonds. The fourth-order valence-electron chi connectivity index (χ4n) is 4.17. The van der Waals surface area contributed by atoms with Gasteiger partial charge in [-0.2, -0.15) is 0 Å². The lowest BCUT2D eigenvalue weighted by molar-refractivity contribution is -0.0711. The Labute approximate surface area is 195 Å². The third-order valence-corrected chi connectivity index (χ3v) is 6.21. The Kier molecular flexibility index (Phi) is 8.71. The SMILES string of the molecule is CCCC(C)C(C/C=C/I)OC(c1ccccc1)(c1ccccc1)c1ccccc1. The summed E-state index contributed by atoms with van der Waals surface area (Å²) in [5.41, 5.74) is 2.83. The van der Waals surface area contributed by atoms with Crippen molar-refractivity contribution in [2.45, 2.75) is 44.8 Å². The molecule has 0 aromatic heterocycles. The van der Waals surface area contributed by atoms with Crippen molar-refractivity contribution in [1.29, 1.82) is 0 Å². The molecule has 2 atom stereocenters. The van der Waals surface area contributed by atoms with Gasteiger partial charge in [-0.05, 0) is 39.5 Å². The standard InChI is InChI=1S/C28H31IO/c1-3-14-23(2)27(21-13-22-29)30-28(24-15-7-4-8-16-24,25-17-9-5-10-18-25)26-19-11-6-12-20-26/h4-13,15-20,22-23,27H,3,14,21H2,1-2H3/b22-13+. The lowest BCUT2D eigenvalue weighted by atomic mass is 9.79. The second-order valence-electron chi connectivity index (χ2n) is 7.80. The molecule has 0 N–H and O–H groups in total. The largest absolute Gasteiger partial charge is 0.357 e. The Bertz CT molecular complexity index is 793. The van der Waals surface area contributed by atoms with Crippen LogP contribution in [0.2, 0.25) is 0 Å². The van der Waals surface area contributed by atoms with E-state index in [1.54, 1.807) is 0 Å². The van der Waals surface area contributed by atoms with Gasteiger partial charge in [-0.25, -0.2) is 0 Å². The molecule has 30 heavy (non-hydrogen) atoms. The highest BCUT2D eigenvalue weighted by Gasteiger charge is 2.40. The molecule has 0 bridgehead atoms. The van der Waals surface area contributed by atoms with Crippen LogP contribution in [-0.4, -0.2) is 6.10 Å². The molecular weight excluding hydrogens is 479 g/mol. The van der Waals surface area contributed by atoms with Gasteiger partial charge in [-0.1, -0.05) is 140 Å². The first-order valence-electron chi connectivity index (χ1n) is 10.8. The third-order valence-electron chi connectivity index (χ3n) is 5.71. The summed E-state index contributed by atoms with van der Waals surface area (Å²) < 4.78 is 9.36. The smallest absolute Gasteiger partial charge is 0.144 e. The highest BCUT2D eigenvalue weighted by molar-refractivity contribution is 14.1. The van der Waals surface area contributed by atoms with Gasteiger partial charge >= 0.3 is 0 Å². The van der Waals surface area contributed by atoms with Gasteiger partial charge in [0.15, 0.2) is 0 Å². The number of hydrogen-bond donors (Lipinski definition) is 0. The molecule has 0 saturated carbocycles. The number of hydrogen-bond acceptors (Lipinski definition) is 1. The maximum absolute atomic E-state index is 7.26. The van der Waals surface area contributed by atoms with Gasteiger partial charge in [0.2, 0.25) is 0 Å². The molecule has 1 nitrogen and oxygen atoms in total. The van der Waals surface area contributed by atoms with E-state index in [4.69, 9.17) is 4.74 Å². The summed E-state index contributed by atoms with van der Waals surface area (Å²) in [6.45, 7) is 4.57. The Morgan fingerprint density at radius 3 is 1.60 bits per heavy atom. The first kappa shape index (κ1) is 22.8. The predicted octanol–water partition coefficient (Wildman–Crippen LogP) is 8.14. The zero-order valence-electron chi connectivity index (χ0n) is 17.9. The predicted molar refractivity (Wildman–Crippen MR) is 136 cm³/mol. The zero-order chi connectivity index (χ0) is 21.2. The van der Waals surface area contributed by atoms with Crippen LogP contribution in [0.5, 0.6) is 0 Å². The molecule has 156 valence electrons. The van der Waals surface area contributed by atoms with Crippen LogP contribution in [-0.2, 0) is 10.3 Å². The van der Waals surface area contributed by atoms with Crippen molar-refractivity contribution < 1.29 is 4.74 Å². The van der Waals surface area contributed by atoms with Crippen LogP contribution in [0.1, 0.15) is 49.8 Å². The van der Waals surface area contributed by atoms with E-state index in [0.29, 0.717) is 5.92 Å². The van der Waals surface area contributed by atoms with Crippen molar-refractivity contribution in [3.8, 4) is 0 Å². The highest BCUT2D eigenvalue weighted by atomic mass is 127. The fourth-order valence-corrected chi connectivity index (χ4v) is 4.47. The van der Waals surface area contributed by atoms with Crippen LogP contribution in [0.15, 0.2) is 101 Å². The highest BCUT2D eigenvalue weighted by Crippen LogP contribution is 2.43. The molecule has 3 aromatic rings. The fraction of sp³-hybridized carbons (Fsp3) is 0.286. The monoisotopic (exact) mass is 510 g/mol. The van der Waals surface area contributed by atoms with E-state index in [0.717, 1.165) is 36.0 Å². The van der Waals surface area contributed by atoms with Crippen molar-refractivity contribution in [3.05, 3.63) is 118 Å². The van der Waals surface area contributed by atoms with Gasteiger partial charge in [0.25, 0.3) is 0 Å². The molecule has 0 aliphatic rings. The molecule has 0 saturated heterocycles. The van der Waals surface area contributed by atoms with Crippen LogP contribution in [0.4, 0.5) is 0 Å². The lowest BCUT2D eigenvalue weighted by Gasteiger charge is -2.40. The van der Waals surface area contributed by atoms with Crippen LogP contribution in [0.3, 0.4) is 0 Å². The first-order chi connectivity index (χ1) is 14.7. The molecule has 0 radical (unpaired) electrons. The first-order valence-corrected chi connectivity index (χ1v) is 12.1. The normalized spacial score (nSPS) is 14.0. The lowest BCUT2D eigenvalue weighted by Crippen LogP contribution is -2.39.